The second-order valence-corrected chi connectivity index (χ2v) is 8.45. The van der Waals surface area contributed by atoms with Gasteiger partial charge in [-0.3, -0.25) is 9.78 Å². The summed E-state index contributed by atoms with van der Waals surface area (Å²) in [5, 5.41) is 5.13. The molecule has 2 aromatic rings. The number of nitrogens with zero attached hydrogens (tertiary/aromatic N) is 1. The van der Waals surface area contributed by atoms with Gasteiger partial charge >= 0.3 is 0 Å². The van der Waals surface area contributed by atoms with Crippen LogP contribution in [0.5, 0.6) is 0 Å². The van der Waals surface area contributed by atoms with Crippen molar-refractivity contribution in [3.63, 3.8) is 0 Å². The first-order valence-corrected chi connectivity index (χ1v) is 9.30. The van der Waals surface area contributed by atoms with E-state index < -0.39 is 10.0 Å². The monoisotopic (exact) mass is 344 g/mol. The van der Waals surface area contributed by atoms with E-state index in [1.54, 1.807) is 24.5 Å². The predicted octanol–water partition coefficient (Wildman–Crippen LogP) is 2.28. The summed E-state index contributed by atoms with van der Waals surface area (Å²) >= 11 is 0. The van der Waals surface area contributed by atoms with Gasteiger partial charge in [-0.05, 0) is 46.7 Å². The maximum Gasteiger partial charge on any atom is 0.238 e. The number of ketones is 1. The van der Waals surface area contributed by atoms with Crippen molar-refractivity contribution in [1.82, 2.24) is 4.98 Å². The molecule has 1 aromatic carbocycles. The number of Topliss-reactive ketones (excluding diaryl/α,β-unsaturated/α-hetero) is 1. The number of rotatable bonds is 5. The quantitative estimate of drug-likeness (QED) is 0.901. The van der Waals surface area contributed by atoms with Crippen LogP contribution < -0.4 is 5.14 Å². The number of carbonyl (C=O) groups excluding carboxylic acids is 1. The molecule has 0 amide bonds. The standard InChI is InChI=1S/C18H20N2O3S/c1-18(2)16(13-3-5-14(6-4-13)24(19,22)23)17(18)15(21)11-12-7-9-20-10-8-12/h3-10,16-17H,11H2,1-2H3,(H2,19,22,23)/t16-,17-/m1/s1. The number of carbonyl (C=O) groups is 1. The highest BCUT2D eigenvalue weighted by molar-refractivity contribution is 7.89. The van der Waals surface area contributed by atoms with Crippen LogP contribution in [0.3, 0.4) is 0 Å². The largest absolute Gasteiger partial charge is 0.299 e. The molecule has 1 heterocycles. The van der Waals surface area contributed by atoms with Gasteiger partial charge in [-0.2, -0.15) is 0 Å². The fourth-order valence-electron chi connectivity index (χ4n) is 3.54. The van der Waals surface area contributed by atoms with Crippen molar-refractivity contribution in [3.05, 3.63) is 59.9 Å². The summed E-state index contributed by atoms with van der Waals surface area (Å²) in [5.74, 6) is 0.235. The van der Waals surface area contributed by atoms with E-state index in [4.69, 9.17) is 5.14 Å². The second kappa shape index (κ2) is 5.79. The van der Waals surface area contributed by atoms with Crippen molar-refractivity contribution >= 4 is 15.8 Å². The molecule has 0 unspecified atom stereocenters. The van der Waals surface area contributed by atoms with Gasteiger partial charge in [-0.15, -0.1) is 0 Å². The average Bonchev–Trinajstić information content (AvgIpc) is 3.10. The molecule has 3 rings (SSSR count). The van der Waals surface area contributed by atoms with E-state index in [1.807, 2.05) is 12.1 Å². The highest BCUT2D eigenvalue weighted by Gasteiger charge is 2.61. The third-order valence-corrected chi connectivity index (χ3v) is 5.80. The minimum atomic E-state index is -3.70. The van der Waals surface area contributed by atoms with Crippen LogP contribution in [0.2, 0.25) is 0 Å². The fraction of sp³-hybridized carbons (Fsp3) is 0.333. The Morgan fingerprint density at radius 1 is 1.12 bits per heavy atom. The van der Waals surface area contributed by atoms with E-state index in [0.29, 0.717) is 6.42 Å². The van der Waals surface area contributed by atoms with Crippen LogP contribution in [0.25, 0.3) is 0 Å². The predicted molar refractivity (Wildman–Crippen MR) is 90.8 cm³/mol. The minimum Gasteiger partial charge on any atom is -0.299 e. The van der Waals surface area contributed by atoms with Gasteiger partial charge in [-0.1, -0.05) is 26.0 Å². The van der Waals surface area contributed by atoms with Crippen LogP contribution >= 0.6 is 0 Å². The lowest BCUT2D eigenvalue weighted by molar-refractivity contribution is -0.120. The molecule has 1 saturated carbocycles. The van der Waals surface area contributed by atoms with E-state index in [0.717, 1.165) is 11.1 Å². The number of pyridine rings is 1. The van der Waals surface area contributed by atoms with E-state index in [-0.39, 0.29) is 27.9 Å². The summed E-state index contributed by atoms with van der Waals surface area (Å²) < 4.78 is 22.7. The van der Waals surface area contributed by atoms with E-state index in [2.05, 4.69) is 18.8 Å². The van der Waals surface area contributed by atoms with Crippen molar-refractivity contribution in [1.29, 1.82) is 0 Å². The number of hydrogen-bond donors (Lipinski definition) is 1. The van der Waals surface area contributed by atoms with Gasteiger partial charge < -0.3 is 0 Å². The summed E-state index contributed by atoms with van der Waals surface area (Å²) in [6, 6.07) is 10.2. The molecule has 2 atom stereocenters. The molecule has 1 fully saturated rings. The van der Waals surface area contributed by atoms with Gasteiger partial charge in [0.05, 0.1) is 4.90 Å². The van der Waals surface area contributed by atoms with Gasteiger partial charge in [0.15, 0.2) is 0 Å². The third-order valence-electron chi connectivity index (χ3n) is 4.87. The Labute approximate surface area is 142 Å². The highest BCUT2D eigenvalue weighted by Crippen LogP contribution is 2.64. The van der Waals surface area contributed by atoms with Crippen LogP contribution in [0.15, 0.2) is 53.7 Å². The zero-order valence-electron chi connectivity index (χ0n) is 13.6. The maximum atomic E-state index is 12.7. The van der Waals surface area contributed by atoms with Crippen molar-refractivity contribution in [2.75, 3.05) is 0 Å². The molecule has 0 aliphatic heterocycles. The first kappa shape index (κ1) is 16.8. The Morgan fingerprint density at radius 3 is 2.25 bits per heavy atom. The molecule has 0 radical (unpaired) electrons. The normalized spacial score (nSPS) is 22.1. The molecule has 0 spiro atoms. The Hall–Kier alpha value is -2.05. The third kappa shape index (κ3) is 3.12. The van der Waals surface area contributed by atoms with E-state index in [1.165, 1.54) is 12.1 Å². The Bertz CT molecular complexity index is 859. The Kier molecular flexibility index (Phi) is 4.05. The number of hydrogen-bond acceptors (Lipinski definition) is 4. The van der Waals surface area contributed by atoms with Gasteiger partial charge in [-0.25, -0.2) is 13.6 Å². The average molecular weight is 344 g/mol. The Morgan fingerprint density at radius 2 is 1.71 bits per heavy atom. The molecule has 126 valence electrons. The van der Waals surface area contributed by atoms with Crippen LogP contribution in [0, 0.1) is 11.3 Å². The first-order valence-electron chi connectivity index (χ1n) is 7.75. The second-order valence-electron chi connectivity index (χ2n) is 6.89. The topological polar surface area (TPSA) is 90.1 Å². The number of primary sulfonamides is 1. The number of sulfonamides is 1. The van der Waals surface area contributed by atoms with Crippen molar-refractivity contribution < 1.29 is 13.2 Å². The van der Waals surface area contributed by atoms with Crippen LogP contribution in [-0.4, -0.2) is 19.2 Å². The molecule has 0 bridgehead atoms. The van der Waals surface area contributed by atoms with E-state index >= 15 is 0 Å². The lowest BCUT2D eigenvalue weighted by Crippen LogP contribution is -2.12. The molecule has 0 saturated heterocycles. The summed E-state index contributed by atoms with van der Waals surface area (Å²) in [4.78, 5) is 16.7. The molecule has 24 heavy (non-hydrogen) atoms. The Balaban J connectivity index is 1.78. The first-order chi connectivity index (χ1) is 11.2. The molecular formula is C18H20N2O3S. The summed E-state index contributed by atoms with van der Waals surface area (Å²) in [6.07, 6.45) is 3.76. The number of nitrogens with two attached hydrogens (primary N) is 1. The van der Waals surface area contributed by atoms with Gasteiger partial charge in [0.25, 0.3) is 0 Å². The minimum absolute atomic E-state index is 0.0639. The summed E-state index contributed by atoms with van der Waals surface area (Å²) in [5.41, 5.74) is 1.80. The lowest BCUT2D eigenvalue weighted by Gasteiger charge is -2.04. The molecule has 2 N–H and O–H groups in total. The molecular weight excluding hydrogens is 324 g/mol. The zero-order valence-corrected chi connectivity index (χ0v) is 14.5. The molecule has 5 nitrogen and oxygen atoms in total. The van der Waals surface area contributed by atoms with E-state index in [9.17, 15) is 13.2 Å². The maximum absolute atomic E-state index is 12.7. The smallest absolute Gasteiger partial charge is 0.238 e. The zero-order chi connectivity index (χ0) is 17.5. The van der Waals surface area contributed by atoms with Gasteiger partial charge in [0, 0.05) is 24.7 Å². The highest BCUT2D eigenvalue weighted by atomic mass is 32.2. The van der Waals surface area contributed by atoms with Crippen LogP contribution in [-0.2, 0) is 21.2 Å². The number of benzene rings is 1. The van der Waals surface area contributed by atoms with Crippen molar-refractivity contribution in [3.8, 4) is 0 Å². The van der Waals surface area contributed by atoms with Crippen molar-refractivity contribution in [2.24, 2.45) is 16.5 Å². The molecule has 1 aliphatic rings. The van der Waals surface area contributed by atoms with Crippen LogP contribution in [0.4, 0.5) is 0 Å². The van der Waals surface area contributed by atoms with Gasteiger partial charge in [0.1, 0.15) is 5.78 Å². The van der Waals surface area contributed by atoms with Crippen molar-refractivity contribution in [2.45, 2.75) is 31.1 Å². The lowest BCUT2D eigenvalue weighted by atomic mass is 10.0. The molecule has 1 aliphatic carbocycles. The van der Waals surface area contributed by atoms with Crippen LogP contribution in [0.1, 0.15) is 30.9 Å². The summed E-state index contributed by atoms with van der Waals surface area (Å²) in [6.45, 7) is 4.14. The molecule has 1 aromatic heterocycles. The fourth-order valence-corrected chi connectivity index (χ4v) is 4.05. The molecule has 6 heteroatoms. The number of aromatic nitrogens is 1. The van der Waals surface area contributed by atoms with Gasteiger partial charge in [0.2, 0.25) is 10.0 Å². The summed E-state index contributed by atoms with van der Waals surface area (Å²) in [7, 11) is -3.70. The SMILES string of the molecule is CC1(C)[C@H](C(=O)Cc2ccncc2)[C@H]1c1ccc(S(N)(=O)=O)cc1.